The van der Waals surface area contributed by atoms with Crippen LogP contribution in [0.15, 0.2) is 12.2 Å². The van der Waals surface area contributed by atoms with Gasteiger partial charge in [0.15, 0.2) is 0 Å². The molecule has 0 N–H and O–H groups in total. The first-order chi connectivity index (χ1) is 7.75. The first-order valence-electron chi connectivity index (χ1n) is 6.72. The highest BCUT2D eigenvalue weighted by Crippen LogP contribution is 2.53. The van der Waals surface area contributed by atoms with Gasteiger partial charge in [0.2, 0.25) is 0 Å². The average molecular weight is 240 g/mol. The topological polar surface area (TPSA) is 18.5 Å². The maximum absolute atomic E-state index is 6.14. The average Bonchev–Trinajstić information content (AvgIpc) is 2.90. The molecule has 3 atom stereocenters. The molecule has 2 aliphatic carbocycles. The van der Waals surface area contributed by atoms with Gasteiger partial charge in [-0.25, -0.2) is 0 Å². The van der Waals surface area contributed by atoms with Gasteiger partial charge in [0.25, 0.3) is 0 Å². The van der Waals surface area contributed by atoms with Crippen molar-refractivity contribution in [2.75, 3.05) is 13.2 Å². The van der Waals surface area contributed by atoms with Gasteiger partial charge < -0.3 is 8.85 Å². The smallest absolute Gasteiger partial charge is 0.341 e. The molecule has 2 aliphatic rings. The summed E-state index contributed by atoms with van der Waals surface area (Å²) in [5, 5.41) is 0. The lowest BCUT2D eigenvalue weighted by Gasteiger charge is -2.37. The van der Waals surface area contributed by atoms with Crippen LogP contribution in [0.4, 0.5) is 0 Å². The standard InChI is InChI=1S/C13H24O2Si/c1-4-14-16(6-3,15-5-2)13-10-11-7-8-12(13)9-11/h7-8,11-13H,4-6,9-10H2,1-3H3. The lowest BCUT2D eigenvalue weighted by atomic mass is 10.1. The van der Waals surface area contributed by atoms with Crippen LogP contribution in [0, 0.1) is 11.8 Å². The molecule has 0 amide bonds. The molecule has 0 spiro atoms. The van der Waals surface area contributed by atoms with Crippen LogP contribution >= 0.6 is 0 Å². The summed E-state index contributed by atoms with van der Waals surface area (Å²) in [6.45, 7) is 8.04. The minimum atomic E-state index is -1.94. The van der Waals surface area contributed by atoms with Crippen molar-refractivity contribution >= 4 is 8.56 Å². The monoisotopic (exact) mass is 240 g/mol. The van der Waals surface area contributed by atoms with Gasteiger partial charge in [-0.1, -0.05) is 19.1 Å². The summed E-state index contributed by atoms with van der Waals surface area (Å²) in [6, 6.07) is 1.09. The molecular formula is C13H24O2Si. The third-order valence-corrected chi connectivity index (χ3v) is 8.45. The van der Waals surface area contributed by atoms with Crippen molar-refractivity contribution < 1.29 is 8.85 Å². The van der Waals surface area contributed by atoms with E-state index in [9.17, 15) is 0 Å². The van der Waals surface area contributed by atoms with Crippen LogP contribution in [0.5, 0.6) is 0 Å². The molecule has 0 saturated heterocycles. The van der Waals surface area contributed by atoms with Gasteiger partial charge in [0.05, 0.1) is 0 Å². The summed E-state index contributed by atoms with van der Waals surface area (Å²) in [5.74, 6) is 1.56. The minimum absolute atomic E-state index is 0.701. The van der Waals surface area contributed by atoms with E-state index in [-0.39, 0.29) is 0 Å². The highest BCUT2D eigenvalue weighted by Gasteiger charge is 2.52. The van der Waals surface area contributed by atoms with Crippen molar-refractivity contribution in [1.82, 2.24) is 0 Å². The van der Waals surface area contributed by atoms with Gasteiger partial charge in [-0.2, -0.15) is 0 Å². The Morgan fingerprint density at radius 2 is 1.75 bits per heavy atom. The van der Waals surface area contributed by atoms with Crippen molar-refractivity contribution in [2.24, 2.45) is 11.8 Å². The number of rotatable bonds is 6. The van der Waals surface area contributed by atoms with E-state index in [1.807, 2.05) is 0 Å². The van der Waals surface area contributed by atoms with Crippen LogP contribution in [0.2, 0.25) is 11.6 Å². The van der Waals surface area contributed by atoms with Crippen LogP contribution in [-0.4, -0.2) is 21.8 Å². The number of allylic oxidation sites excluding steroid dienone is 2. The first-order valence-corrected chi connectivity index (χ1v) is 8.82. The normalized spacial score (nSPS) is 32.6. The molecular weight excluding hydrogens is 216 g/mol. The van der Waals surface area contributed by atoms with Crippen LogP contribution in [0.3, 0.4) is 0 Å². The molecule has 0 aromatic heterocycles. The second-order valence-electron chi connectivity index (χ2n) is 4.92. The summed E-state index contributed by atoms with van der Waals surface area (Å²) >= 11 is 0. The van der Waals surface area contributed by atoms with Crippen molar-refractivity contribution in [3.8, 4) is 0 Å². The second-order valence-corrected chi connectivity index (χ2v) is 8.57. The molecule has 0 radical (unpaired) electrons. The Labute approximate surface area is 100 Å². The van der Waals surface area contributed by atoms with Gasteiger partial charge in [0, 0.05) is 18.8 Å². The fourth-order valence-corrected chi connectivity index (χ4v) is 7.48. The van der Waals surface area contributed by atoms with E-state index in [2.05, 4.69) is 32.9 Å². The molecule has 2 bridgehead atoms. The summed E-state index contributed by atoms with van der Waals surface area (Å²) in [4.78, 5) is 0. The minimum Gasteiger partial charge on any atom is -0.394 e. The van der Waals surface area contributed by atoms with E-state index in [0.29, 0.717) is 5.54 Å². The van der Waals surface area contributed by atoms with E-state index >= 15 is 0 Å². The van der Waals surface area contributed by atoms with Crippen LogP contribution < -0.4 is 0 Å². The Bertz CT molecular complexity index is 259. The van der Waals surface area contributed by atoms with Crippen LogP contribution in [-0.2, 0) is 8.85 Å². The zero-order valence-electron chi connectivity index (χ0n) is 10.7. The van der Waals surface area contributed by atoms with Gasteiger partial charge in [-0.15, -0.1) is 0 Å². The van der Waals surface area contributed by atoms with Crippen LogP contribution in [0.25, 0.3) is 0 Å². The predicted octanol–water partition coefficient (Wildman–Crippen LogP) is 3.49. The van der Waals surface area contributed by atoms with E-state index in [0.717, 1.165) is 31.1 Å². The summed E-state index contributed by atoms with van der Waals surface area (Å²) in [5.41, 5.74) is 0.701. The lowest BCUT2D eigenvalue weighted by molar-refractivity contribution is 0.168. The zero-order chi connectivity index (χ0) is 11.6. The number of hydrogen-bond acceptors (Lipinski definition) is 2. The molecule has 0 aliphatic heterocycles. The quantitative estimate of drug-likeness (QED) is 0.523. The fraction of sp³-hybridized carbons (Fsp3) is 0.846. The highest BCUT2D eigenvalue weighted by molar-refractivity contribution is 6.69. The van der Waals surface area contributed by atoms with E-state index in [1.165, 1.54) is 12.8 Å². The molecule has 1 fully saturated rings. The third-order valence-electron chi connectivity index (χ3n) is 4.11. The molecule has 0 aromatic carbocycles. The zero-order valence-corrected chi connectivity index (χ0v) is 11.7. The van der Waals surface area contributed by atoms with Crippen molar-refractivity contribution in [3.05, 3.63) is 12.2 Å². The van der Waals surface area contributed by atoms with E-state index in [4.69, 9.17) is 8.85 Å². The van der Waals surface area contributed by atoms with E-state index < -0.39 is 8.56 Å². The van der Waals surface area contributed by atoms with Gasteiger partial charge >= 0.3 is 8.56 Å². The molecule has 92 valence electrons. The Balaban J connectivity index is 2.14. The highest BCUT2D eigenvalue weighted by atomic mass is 28.4. The number of fused-ring (bicyclic) bond motifs is 2. The second kappa shape index (κ2) is 5.03. The Morgan fingerprint density at radius 1 is 1.06 bits per heavy atom. The lowest BCUT2D eigenvalue weighted by Crippen LogP contribution is -2.47. The van der Waals surface area contributed by atoms with Gasteiger partial charge in [0.1, 0.15) is 0 Å². The summed E-state index contributed by atoms with van der Waals surface area (Å²) < 4.78 is 12.3. The molecule has 2 nitrogen and oxygen atoms in total. The fourth-order valence-electron chi connectivity index (χ4n) is 3.50. The maximum Gasteiger partial charge on any atom is 0.341 e. The largest absolute Gasteiger partial charge is 0.394 e. The Kier molecular flexibility index (Phi) is 3.87. The van der Waals surface area contributed by atoms with Crippen molar-refractivity contribution in [1.29, 1.82) is 0 Å². The molecule has 1 saturated carbocycles. The van der Waals surface area contributed by atoms with Crippen molar-refractivity contribution in [2.45, 2.75) is 45.2 Å². The van der Waals surface area contributed by atoms with Gasteiger partial charge in [-0.3, -0.25) is 0 Å². The predicted molar refractivity (Wildman–Crippen MR) is 68.6 cm³/mol. The third kappa shape index (κ3) is 2.00. The first kappa shape index (κ1) is 12.3. The molecule has 0 heterocycles. The van der Waals surface area contributed by atoms with Crippen molar-refractivity contribution in [3.63, 3.8) is 0 Å². The molecule has 2 rings (SSSR count). The van der Waals surface area contributed by atoms with E-state index in [1.54, 1.807) is 0 Å². The molecule has 3 unspecified atom stereocenters. The molecule has 0 aromatic rings. The summed E-state index contributed by atoms with van der Waals surface area (Å²) in [6.07, 6.45) is 7.46. The SMILES string of the molecule is CCO[Si](CC)(OCC)C1CC2C=CC1C2. The Hall–Kier alpha value is -0.123. The summed E-state index contributed by atoms with van der Waals surface area (Å²) in [7, 11) is -1.94. The molecule has 3 heteroatoms. The van der Waals surface area contributed by atoms with Crippen LogP contribution in [0.1, 0.15) is 33.6 Å². The molecule has 16 heavy (non-hydrogen) atoms. The Morgan fingerprint density at radius 3 is 2.12 bits per heavy atom. The maximum atomic E-state index is 6.14. The number of hydrogen-bond donors (Lipinski definition) is 0. The van der Waals surface area contributed by atoms with Gasteiger partial charge in [-0.05, 0) is 44.6 Å².